The Morgan fingerprint density at radius 3 is 2.42 bits per heavy atom. The third-order valence-corrected chi connectivity index (χ3v) is 4.90. The van der Waals surface area contributed by atoms with Crippen molar-refractivity contribution in [3.63, 3.8) is 0 Å². The summed E-state index contributed by atoms with van der Waals surface area (Å²) in [4.78, 5) is 23.8. The molecule has 7 nitrogen and oxygen atoms in total. The Hall–Kier alpha value is -3.03. The van der Waals surface area contributed by atoms with Gasteiger partial charge in [-0.1, -0.05) is 6.92 Å². The average molecular weight is 464 g/mol. The molecule has 0 radical (unpaired) electrons. The second kappa shape index (κ2) is 8.24. The second-order valence-electron chi connectivity index (χ2n) is 6.02. The number of halogens is 6. The van der Waals surface area contributed by atoms with Crippen LogP contribution in [0.15, 0.2) is 29.7 Å². The molecule has 0 aromatic carbocycles. The molecular formula is C17H14F6N6OS. The van der Waals surface area contributed by atoms with Crippen molar-refractivity contribution in [1.29, 1.82) is 0 Å². The highest BCUT2D eigenvalue weighted by molar-refractivity contribution is 7.99. The standard InChI is InChI=1S/C17H14F6N6OS/c1-3-31-15-12(28-11-6-25-10(7-29(11)15)17(21,22)23)14(30)27-9-4-8(16(18,19)20)5-26-13(9)24-2/h4-7H,3H2,1-2H3,(H,24,26)(H,27,30). The number of hydrogen-bond donors (Lipinski definition) is 2. The highest BCUT2D eigenvalue weighted by Crippen LogP contribution is 2.34. The van der Waals surface area contributed by atoms with Crippen LogP contribution in [0.3, 0.4) is 0 Å². The van der Waals surface area contributed by atoms with Crippen LogP contribution in [0, 0.1) is 0 Å². The first kappa shape index (κ1) is 22.7. The molecule has 31 heavy (non-hydrogen) atoms. The lowest BCUT2D eigenvalue weighted by molar-refractivity contribution is -0.141. The number of nitrogens with one attached hydrogen (secondary N) is 2. The number of amides is 1. The third-order valence-electron chi connectivity index (χ3n) is 3.95. The van der Waals surface area contributed by atoms with E-state index >= 15 is 0 Å². The van der Waals surface area contributed by atoms with Crippen LogP contribution in [-0.2, 0) is 12.4 Å². The molecule has 3 aromatic rings. The minimum Gasteiger partial charge on any atom is -0.371 e. The van der Waals surface area contributed by atoms with E-state index in [4.69, 9.17) is 0 Å². The van der Waals surface area contributed by atoms with Gasteiger partial charge in [-0.25, -0.2) is 15.0 Å². The molecule has 0 bridgehead atoms. The Morgan fingerprint density at radius 2 is 1.84 bits per heavy atom. The molecule has 0 saturated heterocycles. The fraction of sp³-hybridized carbons (Fsp3) is 0.294. The van der Waals surface area contributed by atoms with Crippen LogP contribution in [0.25, 0.3) is 5.65 Å². The number of imidazole rings is 1. The third kappa shape index (κ3) is 4.68. The van der Waals surface area contributed by atoms with Crippen molar-refractivity contribution in [1.82, 2.24) is 19.4 Å². The maximum atomic E-state index is 13.0. The molecule has 2 N–H and O–H groups in total. The Bertz CT molecular complexity index is 1130. The summed E-state index contributed by atoms with van der Waals surface area (Å²) >= 11 is 1.05. The van der Waals surface area contributed by atoms with E-state index in [-0.39, 0.29) is 27.9 Å². The summed E-state index contributed by atoms with van der Waals surface area (Å²) in [6.45, 7) is 1.72. The first-order chi connectivity index (χ1) is 14.5. The van der Waals surface area contributed by atoms with Gasteiger partial charge in [0.05, 0.1) is 17.4 Å². The number of thioether (sulfide) groups is 1. The summed E-state index contributed by atoms with van der Waals surface area (Å²) in [5.74, 6) is -0.549. The summed E-state index contributed by atoms with van der Waals surface area (Å²) in [6.07, 6.45) is -7.22. The van der Waals surface area contributed by atoms with Gasteiger partial charge < -0.3 is 10.6 Å². The lowest BCUT2D eigenvalue weighted by Gasteiger charge is -2.13. The number of pyridine rings is 1. The Balaban J connectivity index is 2.06. The summed E-state index contributed by atoms with van der Waals surface area (Å²) in [6, 6.07) is 0.697. The first-order valence-electron chi connectivity index (χ1n) is 8.60. The number of hydrogen-bond acceptors (Lipinski definition) is 6. The lowest BCUT2D eigenvalue weighted by Crippen LogP contribution is -2.17. The van der Waals surface area contributed by atoms with Crippen LogP contribution in [0.5, 0.6) is 0 Å². The molecule has 0 unspecified atom stereocenters. The van der Waals surface area contributed by atoms with Crippen molar-refractivity contribution in [2.24, 2.45) is 0 Å². The fourth-order valence-electron chi connectivity index (χ4n) is 2.60. The van der Waals surface area contributed by atoms with E-state index in [9.17, 15) is 31.1 Å². The van der Waals surface area contributed by atoms with Crippen molar-refractivity contribution >= 4 is 34.8 Å². The molecule has 166 valence electrons. The molecule has 3 aromatic heterocycles. The van der Waals surface area contributed by atoms with Crippen LogP contribution in [0.1, 0.15) is 28.7 Å². The van der Waals surface area contributed by atoms with Crippen molar-refractivity contribution < 1.29 is 31.1 Å². The number of carbonyl (C=O) groups is 1. The van der Waals surface area contributed by atoms with E-state index in [2.05, 4.69) is 25.6 Å². The van der Waals surface area contributed by atoms with Gasteiger partial charge in [0, 0.05) is 19.4 Å². The lowest BCUT2D eigenvalue weighted by atomic mass is 10.2. The van der Waals surface area contributed by atoms with Crippen molar-refractivity contribution in [2.45, 2.75) is 24.3 Å². The maximum absolute atomic E-state index is 13.0. The summed E-state index contributed by atoms with van der Waals surface area (Å²) in [7, 11) is 1.40. The number of fused-ring (bicyclic) bond motifs is 1. The molecule has 0 aliphatic carbocycles. The Morgan fingerprint density at radius 1 is 1.13 bits per heavy atom. The number of nitrogens with zero attached hydrogens (tertiary/aromatic N) is 4. The van der Waals surface area contributed by atoms with Gasteiger partial charge in [0.25, 0.3) is 5.91 Å². The van der Waals surface area contributed by atoms with Crippen molar-refractivity contribution in [3.05, 3.63) is 41.6 Å². The molecular weight excluding hydrogens is 450 g/mol. The van der Waals surface area contributed by atoms with Gasteiger partial charge in [-0.3, -0.25) is 9.20 Å². The van der Waals surface area contributed by atoms with Crippen LogP contribution < -0.4 is 10.6 Å². The Labute approximate surface area is 175 Å². The van der Waals surface area contributed by atoms with Crippen molar-refractivity contribution in [3.8, 4) is 0 Å². The summed E-state index contributed by atoms with van der Waals surface area (Å²) in [5.41, 5.74) is -2.81. The molecule has 3 rings (SSSR count). The molecule has 0 aliphatic rings. The van der Waals surface area contributed by atoms with Crippen LogP contribution in [0.2, 0.25) is 0 Å². The zero-order valence-corrected chi connectivity index (χ0v) is 16.7. The number of aromatic nitrogens is 4. The van der Waals surface area contributed by atoms with Gasteiger partial charge in [-0.05, 0) is 11.8 Å². The van der Waals surface area contributed by atoms with Gasteiger partial charge >= 0.3 is 12.4 Å². The van der Waals surface area contributed by atoms with Gasteiger partial charge in [-0.2, -0.15) is 26.3 Å². The molecule has 0 spiro atoms. The van der Waals surface area contributed by atoms with Gasteiger partial charge in [-0.15, -0.1) is 11.8 Å². The van der Waals surface area contributed by atoms with Crippen LogP contribution >= 0.6 is 11.8 Å². The maximum Gasteiger partial charge on any atom is 0.434 e. The molecule has 0 saturated carbocycles. The van der Waals surface area contributed by atoms with Gasteiger partial charge in [0.2, 0.25) is 0 Å². The minimum absolute atomic E-state index is 0.0230. The molecule has 0 fully saturated rings. The van der Waals surface area contributed by atoms with Gasteiger partial charge in [0.1, 0.15) is 10.8 Å². The van der Waals surface area contributed by atoms with E-state index in [0.29, 0.717) is 24.2 Å². The summed E-state index contributed by atoms with van der Waals surface area (Å²) in [5, 5.41) is 4.95. The number of rotatable bonds is 5. The summed E-state index contributed by atoms with van der Waals surface area (Å²) < 4.78 is 79.2. The fourth-order valence-corrected chi connectivity index (χ4v) is 3.43. The quantitative estimate of drug-likeness (QED) is 0.425. The first-order valence-corrected chi connectivity index (χ1v) is 9.58. The molecule has 1 amide bonds. The second-order valence-corrected chi connectivity index (χ2v) is 7.27. The van der Waals surface area contributed by atoms with Crippen LogP contribution in [0.4, 0.5) is 37.8 Å². The molecule has 3 heterocycles. The van der Waals surface area contributed by atoms with E-state index in [1.807, 2.05) is 0 Å². The van der Waals surface area contributed by atoms with Gasteiger partial charge in [0.15, 0.2) is 17.0 Å². The minimum atomic E-state index is -4.71. The predicted molar refractivity (Wildman–Crippen MR) is 101 cm³/mol. The number of alkyl halides is 6. The number of carbonyl (C=O) groups excluding carboxylic acids is 1. The zero-order valence-electron chi connectivity index (χ0n) is 15.9. The molecule has 0 aliphatic heterocycles. The van der Waals surface area contributed by atoms with E-state index in [1.54, 1.807) is 6.92 Å². The average Bonchev–Trinajstić information content (AvgIpc) is 3.05. The van der Waals surface area contributed by atoms with E-state index < -0.39 is 29.5 Å². The SMILES string of the molecule is CCSc1c(C(=O)Nc2cc(C(F)(F)F)cnc2NC)nc2cnc(C(F)(F)F)cn12. The predicted octanol–water partition coefficient (Wildman–Crippen LogP) is 4.57. The molecule has 0 atom stereocenters. The van der Waals surface area contributed by atoms with E-state index in [1.165, 1.54) is 7.05 Å². The van der Waals surface area contributed by atoms with E-state index in [0.717, 1.165) is 22.4 Å². The zero-order chi connectivity index (χ0) is 23.0. The normalized spacial score (nSPS) is 12.3. The largest absolute Gasteiger partial charge is 0.434 e. The monoisotopic (exact) mass is 464 g/mol. The number of anilines is 2. The Kier molecular flexibility index (Phi) is 6.02. The van der Waals surface area contributed by atoms with Crippen molar-refractivity contribution in [2.75, 3.05) is 23.4 Å². The highest BCUT2D eigenvalue weighted by Gasteiger charge is 2.34. The van der Waals surface area contributed by atoms with Crippen LogP contribution in [-0.4, -0.2) is 38.1 Å². The smallest absolute Gasteiger partial charge is 0.371 e. The topological polar surface area (TPSA) is 84.2 Å². The molecule has 14 heteroatoms. The highest BCUT2D eigenvalue weighted by atomic mass is 32.2.